The Balaban J connectivity index is 0.00000363. The molecule has 2 aliphatic rings. The molecule has 2 heterocycles. The molecule has 1 saturated heterocycles. The molecule has 2 fully saturated rings. The number of nitrogens with two attached hydrogens (primary N) is 1. The molecule has 0 bridgehead atoms. The topological polar surface area (TPSA) is 82.8 Å². The SMILES string of the molecule is CCNC(=NCC1(c2cccs2)CCCCC1)NCCCCN1CCC(C(N)=O)CC1.I. The fourth-order valence-corrected chi connectivity index (χ4v) is 5.95. The van der Waals surface area contributed by atoms with Gasteiger partial charge in [0.05, 0.1) is 6.54 Å². The van der Waals surface area contributed by atoms with Crippen LogP contribution in [0.15, 0.2) is 22.5 Å². The van der Waals surface area contributed by atoms with Crippen molar-refractivity contribution in [1.29, 1.82) is 0 Å². The van der Waals surface area contributed by atoms with E-state index in [-0.39, 0.29) is 41.2 Å². The highest BCUT2D eigenvalue weighted by Gasteiger charge is 2.34. The van der Waals surface area contributed by atoms with Gasteiger partial charge in [-0.15, -0.1) is 35.3 Å². The maximum atomic E-state index is 11.3. The Morgan fingerprint density at radius 1 is 1.22 bits per heavy atom. The van der Waals surface area contributed by atoms with Crippen LogP contribution in [0.1, 0.15) is 69.6 Å². The molecule has 0 radical (unpaired) electrons. The van der Waals surface area contributed by atoms with Crippen molar-refractivity contribution in [3.63, 3.8) is 0 Å². The Morgan fingerprint density at radius 2 is 1.97 bits per heavy atom. The number of rotatable bonds is 10. The molecule has 1 saturated carbocycles. The van der Waals surface area contributed by atoms with Crippen LogP contribution >= 0.6 is 35.3 Å². The molecule has 32 heavy (non-hydrogen) atoms. The number of primary amides is 1. The molecule has 0 atom stereocenters. The average Bonchev–Trinajstić information content (AvgIpc) is 3.34. The second-order valence-electron chi connectivity index (χ2n) is 9.17. The second-order valence-corrected chi connectivity index (χ2v) is 10.1. The molecule has 182 valence electrons. The number of aliphatic imine (C=N–C) groups is 1. The van der Waals surface area contributed by atoms with Crippen molar-refractivity contribution in [3.8, 4) is 0 Å². The lowest BCUT2D eigenvalue weighted by Gasteiger charge is -2.35. The fraction of sp³-hybridized carbons (Fsp3) is 0.750. The van der Waals surface area contributed by atoms with Gasteiger partial charge in [0, 0.05) is 29.3 Å². The molecule has 1 aromatic rings. The number of nitrogens with zero attached hydrogens (tertiary/aromatic N) is 2. The molecule has 1 amide bonds. The van der Waals surface area contributed by atoms with Gasteiger partial charge < -0.3 is 21.3 Å². The number of piperidine rings is 1. The zero-order valence-electron chi connectivity index (χ0n) is 19.6. The smallest absolute Gasteiger partial charge is 0.220 e. The Morgan fingerprint density at radius 3 is 2.59 bits per heavy atom. The van der Waals surface area contributed by atoms with E-state index in [2.05, 4.69) is 40.0 Å². The van der Waals surface area contributed by atoms with E-state index in [0.717, 1.165) is 70.9 Å². The first kappa shape index (κ1) is 27.4. The number of guanidine groups is 1. The van der Waals surface area contributed by atoms with Crippen LogP contribution in [0.5, 0.6) is 0 Å². The summed E-state index contributed by atoms with van der Waals surface area (Å²) in [6.45, 7) is 7.91. The maximum Gasteiger partial charge on any atom is 0.220 e. The van der Waals surface area contributed by atoms with Crippen molar-refractivity contribution in [2.75, 3.05) is 39.3 Å². The van der Waals surface area contributed by atoms with E-state index >= 15 is 0 Å². The number of unbranched alkanes of at least 4 members (excludes halogenated alkanes) is 1. The van der Waals surface area contributed by atoms with E-state index < -0.39 is 0 Å². The number of amides is 1. The molecule has 8 heteroatoms. The molecule has 0 aromatic carbocycles. The first-order valence-corrected chi connectivity index (χ1v) is 13.1. The summed E-state index contributed by atoms with van der Waals surface area (Å²) in [6.07, 6.45) is 10.6. The zero-order chi connectivity index (χ0) is 21.9. The van der Waals surface area contributed by atoms with E-state index in [0.29, 0.717) is 0 Å². The Hall–Kier alpha value is -0.870. The van der Waals surface area contributed by atoms with Crippen LogP contribution in [0.3, 0.4) is 0 Å². The number of carbonyl (C=O) groups is 1. The van der Waals surface area contributed by atoms with Gasteiger partial charge in [0.2, 0.25) is 5.91 Å². The third-order valence-electron chi connectivity index (χ3n) is 6.92. The van der Waals surface area contributed by atoms with Crippen LogP contribution in [0.25, 0.3) is 0 Å². The van der Waals surface area contributed by atoms with E-state index in [9.17, 15) is 4.79 Å². The van der Waals surface area contributed by atoms with E-state index in [4.69, 9.17) is 10.7 Å². The summed E-state index contributed by atoms with van der Waals surface area (Å²) < 4.78 is 0. The van der Waals surface area contributed by atoms with E-state index in [1.165, 1.54) is 37.0 Å². The zero-order valence-corrected chi connectivity index (χ0v) is 22.8. The van der Waals surface area contributed by atoms with Crippen LogP contribution in [0.4, 0.5) is 0 Å². The number of carbonyl (C=O) groups excluding carboxylic acids is 1. The highest BCUT2D eigenvalue weighted by molar-refractivity contribution is 14.0. The quantitative estimate of drug-likeness (QED) is 0.170. The number of hydrogen-bond acceptors (Lipinski definition) is 4. The minimum absolute atomic E-state index is 0. The Labute approximate surface area is 215 Å². The summed E-state index contributed by atoms with van der Waals surface area (Å²) in [5.41, 5.74) is 5.66. The van der Waals surface area contributed by atoms with Crippen molar-refractivity contribution < 1.29 is 4.79 Å². The molecule has 1 aliphatic carbocycles. The summed E-state index contributed by atoms with van der Waals surface area (Å²) in [7, 11) is 0. The van der Waals surface area contributed by atoms with Gasteiger partial charge in [0.25, 0.3) is 0 Å². The maximum absolute atomic E-state index is 11.3. The fourth-order valence-electron chi connectivity index (χ4n) is 4.97. The van der Waals surface area contributed by atoms with Crippen LogP contribution in [0, 0.1) is 5.92 Å². The summed E-state index contributed by atoms with van der Waals surface area (Å²) in [5.74, 6) is 0.901. The second kappa shape index (κ2) is 14.4. The van der Waals surface area contributed by atoms with Crippen LogP contribution in [0.2, 0.25) is 0 Å². The summed E-state index contributed by atoms with van der Waals surface area (Å²) in [5, 5.41) is 9.18. The molecular formula is C24H42IN5OS. The van der Waals surface area contributed by atoms with Crippen LogP contribution in [-0.4, -0.2) is 56.0 Å². The van der Waals surface area contributed by atoms with Gasteiger partial charge in [-0.25, -0.2) is 0 Å². The lowest BCUT2D eigenvalue weighted by atomic mass is 9.73. The van der Waals surface area contributed by atoms with Crippen LogP contribution < -0.4 is 16.4 Å². The predicted octanol–water partition coefficient (Wildman–Crippen LogP) is 4.10. The highest BCUT2D eigenvalue weighted by atomic mass is 127. The van der Waals surface area contributed by atoms with Crippen molar-refractivity contribution >= 4 is 47.2 Å². The normalized spacial score (nSPS) is 19.8. The summed E-state index contributed by atoms with van der Waals surface area (Å²) in [4.78, 5) is 20.3. The Bertz CT molecular complexity index is 683. The van der Waals surface area contributed by atoms with Crippen molar-refractivity contribution in [2.24, 2.45) is 16.6 Å². The van der Waals surface area contributed by atoms with Crippen molar-refractivity contribution in [2.45, 2.75) is 70.1 Å². The van der Waals surface area contributed by atoms with Gasteiger partial charge in [-0.1, -0.05) is 25.3 Å². The van der Waals surface area contributed by atoms with Crippen molar-refractivity contribution in [1.82, 2.24) is 15.5 Å². The molecule has 6 nitrogen and oxygen atoms in total. The highest BCUT2D eigenvalue weighted by Crippen LogP contribution is 2.41. The molecule has 3 rings (SSSR count). The Kier molecular flexibility index (Phi) is 12.3. The van der Waals surface area contributed by atoms with Gasteiger partial charge >= 0.3 is 0 Å². The van der Waals surface area contributed by atoms with Gasteiger partial charge in [0.1, 0.15) is 0 Å². The van der Waals surface area contributed by atoms with Crippen molar-refractivity contribution in [3.05, 3.63) is 22.4 Å². The number of nitrogens with one attached hydrogen (secondary N) is 2. The molecule has 4 N–H and O–H groups in total. The molecule has 0 spiro atoms. The standard InChI is InChI=1S/C24H41N5OS.HI/c1-2-26-23(27-14-6-7-15-29-16-10-20(11-17-29)22(25)30)28-19-24(12-4-3-5-13-24)21-9-8-18-31-21;/h8-9,18,20H,2-7,10-17,19H2,1H3,(H2,25,30)(H2,26,27,28);1H. The number of thiophene rings is 1. The summed E-state index contributed by atoms with van der Waals surface area (Å²) in [6, 6.07) is 4.48. The summed E-state index contributed by atoms with van der Waals surface area (Å²) >= 11 is 1.89. The van der Waals surface area contributed by atoms with Gasteiger partial charge in [0.15, 0.2) is 5.96 Å². The predicted molar refractivity (Wildman–Crippen MR) is 146 cm³/mol. The van der Waals surface area contributed by atoms with Gasteiger partial charge in [-0.05, 0) is 76.5 Å². The van der Waals surface area contributed by atoms with E-state index in [1.807, 2.05) is 11.3 Å². The largest absolute Gasteiger partial charge is 0.369 e. The molecule has 1 aromatic heterocycles. The number of hydrogen-bond donors (Lipinski definition) is 3. The lowest BCUT2D eigenvalue weighted by molar-refractivity contribution is -0.123. The molecule has 1 aliphatic heterocycles. The average molecular weight is 576 g/mol. The lowest BCUT2D eigenvalue weighted by Crippen LogP contribution is -2.40. The number of halogens is 1. The first-order chi connectivity index (χ1) is 15.1. The van der Waals surface area contributed by atoms with E-state index in [1.54, 1.807) is 0 Å². The molecular weight excluding hydrogens is 533 g/mol. The first-order valence-electron chi connectivity index (χ1n) is 12.2. The number of likely N-dealkylation sites (tertiary alicyclic amines) is 1. The van der Waals surface area contributed by atoms with Crippen LogP contribution in [-0.2, 0) is 10.2 Å². The third-order valence-corrected chi connectivity index (χ3v) is 8.04. The molecule has 0 unspecified atom stereocenters. The monoisotopic (exact) mass is 575 g/mol. The van der Waals surface area contributed by atoms with Gasteiger partial charge in [-0.3, -0.25) is 9.79 Å². The minimum Gasteiger partial charge on any atom is -0.369 e. The minimum atomic E-state index is -0.131. The third kappa shape index (κ3) is 8.17. The van der Waals surface area contributed by atoms with Gasteiger partial charge in [-0.2, -0.15) is 0 Å².